The summed E-state index contributed by atoms with van der Waals surface area (Å²) < 4.78 is 24.3. The van der Waals surface area contributed by atoms with Crippen LogP contribution in [0.5, 0.6) is 0 Å². The molecule has 0 spiro atoms. The predicted molar refractivity (Wildman–Crippen MR) is 61.0 cm³/mol. The summed E-state index contributed by atoms with van der Waals surface area (Å²) in [7, 11) is 0.255. The van der Waals surface area contributed by atoms with E-state index in [4.69, 9.17) is 0 Å². The fourth-order valence-corrected chi connectivity index (χ4v) is 2.12. The van der Waals surface area contributed by atoms with Crippen molar-refractivity contribution in [3.8, 4) is 0 Å². The molecule has 1 aromatic rings. The van der Waals surface area contributed by atoms with Crippen LogP contribution in [0.4, 0.5) is 4.39 Å². The first kappa shape index (κ1) is 12.8. The Hall–Kier alpha value is -1.23. The molecule has 5 heteroatoms. The molecular formula is C11H14FNO2S. The molecule has 0 aromatic heterocycles. The third kappa shape index (κ3) is 3.41. The lowest BCUT2D eigenvalue weighted by Gasteiger charge is -2.13. The summed E-state index contributed by atoms with van der Waals surface area (Å²) in [5, 5.41) is 0. The standard InChI is InChI=1S/C11H14FNO2S/c1-3-13(2)11(14)8-16(15)10-6-4-9(12)5-7-10/h4-7H,3,8H2,1-2H3. The smallest absolute Gasteiger partial charge is 0.235 e. The summed E-state index contributed by atoms with van der Waals surface area (Å²) in [5.41, 5.74) is 0. The van der Waals surface area contributed by atoms with E-state index in [1.807, 2.05) is 6.92 Å². The summed E-state index contributed by atoms with van der Waals surface area (Å²) in [5.74, 6) is -0.612. The van der Waals surface area contributed by atoms with Gasteiger partial charge in [0, 0.05) is 18.5 Å². The average molecular weight is 243 g/mol. The molecule has 16 heavy (non-hydrogen) atoms. The van der Waals surface area contributed by atoms with Crippen molar-refractivity contribution in [3.63, 3.8) is 0 Å². The maximum atomic E-state index is 12.6. The molecule has 0 radical (unpaired) electrons. The van der Waals surface area contributed by atoms with Gasteiger partial charge in [-0.05, 0) is 31.2 Å². The Labute approximate surface area is 96.7 Å². The Bertz CT molecular complexity index is 391. The SMILES string of the molecule is CCN(C)C(=O)CS(=O)c1ccc(F)cc1. The summed E-state index contributed by atoms with van der Waals surface area (Å²) >= 11 is 0. The number of hydrogen-bond acceptors (Lipinski definition) is 2. The number of rotatable bonds is 4. The van der Waals surface area contributed by atoms with Gasteiger partial charge < -0.3 is 4.90 Å². The molecule has 0 saturated carbocycles. The van der Waals surface area contributed by atoms with Crippen LogP contribution in [0.2, 0.25) is 0 Å². The van der Waals surface area contributed by atoms with Crippen LogP contribution in [0.25, 0.3) is 0 Å². The maximum absolute atomic E-state index is 12.6. The molecule has 0 fully saturated rings. The highest BCUT2D eigenvalue weighted by Crippen LogP contribution is 2.08. The minimum absolute atomic E-state index is 0.0596. The summed E-state index contributed by atoms with van der Waals surface area (Å²) in [6, 6.07) is 5.35. The highest BCUT2D eigenvalue weighted by atomic mass is 32.2. The van der Waals surface area contributed by atoms with E-state index in [-0.39, 0.29) is 17.5 Å². The molecule has 3 nitrogen and oxygen atoms in total. The van der Waals surface area contributed by atoms with E-state index in [0.717, 1.165) is 0 Å². The monoisotopic (exact) mass is 243 g/mol. The van der Waals surface area contributed by atoms with E-state index in [1.54, 1.807) is 7.05 Å². The molecule has 0 bridgehead atoms. The Morgan fingerprint density at radius 1 is 1.38 bits per heavy atom. The first-order valence-electron chi connectivity index (χ1n) is 4.92. The van der Waals surface area contributed by atoms with Crippen molar-refractivity contribution in [1.29, 1.82) is 0 Å². The molecule has 0 N–H and O–H groups in total. The molecule has 0 saturated heterocycles. The normalized spacial score (nSPS) is 12.2. The van der Waals surface area contributed by atoms with Crippen LogP contribution in [0.3, 0.4) is 0 Å². The minimum atomic E-state index is -1.40. The summed E-state index contributed by atoms with van der Waals surface area (Å²) in [6.07, 6.45) is 0. The molecule has 1 aromatic carbocycles. The number of halogens is 1. The van der Waals surface area contributed by atoms with Gasteiger partial charge in [-0.2, -0.15) is 0 Å². The number of amides is 1. The van der Waals surface area contributed by atoms with Crippen LogP contribution in [0.1, 0.15) is 6.92 Å². The number of carbonyl (C=O) groups is 1. The van der Waals surface area contributed by atoms with Gasteiger partial charge in [0.05, 0.1) is 10.8 Å². The average Bonchev–Trinajstić information content (AvgIpc) is 2.28. The second-order valence-electron chi connectivity index (χ2n) is 3.35. The number of hydrogen-bond donors (Lipinski definition) is 0. The van der Waals surface area contributed by atoms with Gasteiger partial charge in [0.15, 0.2) is 0 Å². The lowest BCUT2D eigenvalue weighted by atomic mass is 10.4. The van der Waals surface area contributed by atoms with E-state index >= 15 is 0 Å². The lowest BCUT2D eigenvalue weighted by molar-refractivity contribution is -0.126. The molecule has 1 rings (SSSR count). The van der Waals surface area contributed by atoms with Gasteiger partial charge in [0.25, 0.3) is 0 Å². The number of carbonyl (C=O) groups excluding carboxylic acids is 1. The molecule has 0 aliphatic heterocycles. The fraction of sp³-hybridized carbons (Fsp3) is 0.364. The minimum Gasteiger partial charge on any atom is -0.345 e. The van der Waals surface area contributed by atoms with Crippen molar-refractivity contribution in [1.82, 2.24) is 4.90 Å². The largest absolute Gasteiger partial charge is 0.345 e. The second-order valence-corrected chi connectivity index (χ2v) is 4.80. The van der Waals surface area contributed by atoms with Crippen LogP contribution < -0.4 is 0 Å². The van der Waals surface area contributed by atoms with Crippen LogP contribution >= 0.6 is 0 Å². The van der Waals surface area contributed by atoms with E-state index < -0.39 is 10.8 Å². The molecule has 0 heterocycles. The zero-order valence-corrected chi connectivity index (χ0v) is 10.1. The van der Waals surface area contributed by atoms with E-state index in [9.17, 15) is 13.4 Å². The van der Waals surface area contributed by atoms with Gasteiger partial charge in [-0.25, -0.2) is 4.39 Å². The van der Waals surface area contributed by atoms with Crippen molar-refractivity contribution >= 4 is 16.7 Å². The maximum Gasteiger partial charge on any atom is 0.235 e. The van der Waals surface area contributed by atoms with Crippen LogP contribution in [0, 0.1) is 5.82 Å². The predicted octanol–water partition coefficient (Wildman–Crippen LogP) is 1.41. The third-order valence-electron chi connectivity index (χ3n) is 2.23. The topological polar surface area (TPSA) is 37.4 Å². The molecular weight excluding hydrogens is 229 g/mol. The Balaban J connectivity index is 2.66. The van der Waals surface area contributed by atoms with Crippen molar-refractivity contribution in [2.24, 2.45) is 0 Å². The number of benzene rings is 1. The van der Waals surface area contributed by atoms with Crippen molar-refractivity contribution in [3.05, 3.63) is 30.1 Å². The van der Waals surface area contributed by atoms with Gasteiger partial charge in [0.1, 0.15) is 11.6 Å². The Morgan fingerprint density at radius 2 is 1.94 bits per heavy atom. The van der Waals surface area contributed by atoms with E-state index in [1.165, 1.54) is 29.2 Å². The van der Waals surface area contributed by atoms with Gasteiger partial charge >= 0.3 is 0 Å². The number of nitrogens with zero attached hydrogens (tertiary/aromatic N) is 1. The zero-order valence-electron chi connectivity index (χ0n) is 9.27. The lowest BCUT2D eigenvalue weighted by Crippen LogP contribution is -2.30. The van der Waals surface area contributed by atoms with Gasteiger partial charge in [0.2, 0.25) is 5.91 Å². The second kappa shape index (κ2) is 5.75. The van der Waals surface area contributed by atoms with Crippen molar-refractivity contribution in [2.45, 2.75) is 11.8 Å². The van der Waals surface area contributed by atoms with Crippen molar-refractivity contribution < 1.29 is 13.4 Å². The van der Waals surface area contributed by atoms with Crippen LogP contribution in [-0.4, -0.2) is 34.4 Å². The van der Waals surface area contributed by atoms with E-state index in [0.29, 0.717) is 11.4 Å². The molecule has 1 atom stereocenters. The molecule has 1 unspecified atom stereocenters. The Morgan fingerprint density at radius 3 is 2.44 bits per heavy atom. The van der Waals surface area contributed by atoms with Gasteiger partial charge in [-0.3, -0.25) is 9.00 Å². The molecule has 88 valence electrons. The highest BCUT2D eigenvalue weighted by Gasteiger charge is 2.12. The van der Waals surface area contributed by atoms with Gasteiger partial charge in [-0.15, -0.1) is 0 Å². The van der Waals surface area contributed by atoms with Gasteiger partial charge in [-0.1, -0.05) is 0 Å². The molecule has 0 aliphatic rings. The highest BCUT2D eigenvalue weighted by molar-refractivity contribution is 7.85. The van der Waals surface area contributed by atoms with Crippen molar-refractivity contribution in [2.75, 3.05) is 19.3 Å². The molecule has 0 aliphatic carbocycles. The van der Waals surface area contributed by atoms with Crippen LogP contribution in [-0.2, 0) is 15.6 Å². The first-order chi connectivity index (χ1) is 7.54. The first-order valence-corrected chi connectivity index (χ1v) is 6.24. The Kier molecular flexibility index (Phi) is 4.61. The van der Waals surface area contributed by atoms with Crippen LogP contribution in [0.15, 0.2) is 29.2 Å². The van der Waals surface area contributed by atoms with E-state index in [2.05, 4.69) is 0 Å². The molecule has 1 amide bonds. The zero-order chi connectivity index (χ0) is 12.1. The quantitative estimate of drug-likeness (QED) is 0.802. The summed E-state index contributed by atoms with van der Waals surface area (Å²) in [4.78, 5) is 13.5. The summed E-state index contributed by atoms with van der Waals surface area (Å²) in [6.45, 7) is 2.43. The third-order valence-corrected chi connectivity index (χ3v) is 3.54. The fourth-order valence-electron chi connectivity index (χ4n) is 1.07.